The largest absolute Gasteiger partial charge is 0.478 e. The Kier molecular flexibility index (Phi) is 7.22. The van der Waals surface area contributed by atoms with Gasteiger partial charge >= 0.3 is 5.97 Å². The molecule has 196 valence electrons. The van der Waals surface area contributed by atoms with Gasteiger partial charge in [-0.1, -0.05) is 49.1 Å². The van der Waals surface area contributed by atoms with Gasteiger partial charge in [0, 0.05) is 36.4 Å². The Balaban J connectivity index is 1.71. The number of rotatable bonds is 4. The van der Waals surface area contributed by atoms with Crippen LogP contribution in [0.5, 0.6) is 0 Å². The topological polar surface area (TPSA) is 84.2 Å². The van der Waals surface area contributed by atoms with Gasteiger partial charge in [0.1, 0.15) is 5.82 Å². The number of likely N-dealkylation sites (N-methyl/N-ethyl adjacent to an activating group) is 1. The molecule has 3 N–H and O–H groups in total. The molecular weight excluding hydrogens is 515 g/mol. The molecule has 37 heavy (non-hydrogen) atoms. The number of para-hydroxylation sites is 1. The first-order valence-electron chi connectivity index (χ1n) is 12.4. The summed E-state index contributed by atoms with van der Waals surface area (Å²) in [6.45, 7) is 0.534. The molecule has 9 heteroatoms. The van der Waals surface area contributed by atoms with Gasteiger partial charge in [0.2, 0.25) is 0 Å². The fourth-order valence-corrected chi connectivity index (χ4v) is 7.52. The molecule has 1 aliphatic carbocycles. The predicted octanol–water partition coefficient (Wildman–Crippen LogP) is 7.90. The molecule has 1 unspecified atom stereocenters. The van der Waals surface area contributed by atoms with Gasteiger partial charge in [-0.3, -0.25) is 9.11 Å². The number of carboxylic acids is 1. The van der Waals surface area contributed by atoms with Crippen LogP contribution < -0.4 is 4.90 Å². The van der Waals surface area contributed by atoms with E-state index in [0.29, 0.717) is 18.2 Å². The lowest BCUT2D eigenvalue weighted by molar-refractivity contribution is 0.0697. The van der Waals surface area contributed by atoms with E-state index in [9.17, 15) is 23.4 Å². The van der Waals surface area contributed by atoms with Crippen molar-refractivity contribution in [2.24, 2.45) is 5.92 Å². The first-order chi connectivity index (χ1) is 17.7. The van der Waals surface area contributed by atoms with Crippen LogP contribution in [-0.4, -0.2) is 44.1 Å². The van der Waals surface area contributed by atoms with E-state index in [1.165, 1.54) is 24.6 Å². The molecule has 6 nitrogen and oxygen atoms in total. The van der Waals surface area contributed by atoms with Gasteiger partial charge in [0.05, 0.1) is 21.2 Å². The SMILES string of the molecule is CN1C(C2CCCCC2)CN(c2ccccc2)c2cc(Cl)c(-c3cc(C(=O)O)ccc3F)cc2S1(O)O. The Morgan fingerprint density at radius 2 is 1.70 bits per heavy atom. The van der Waals surface area contributed by atoms with E-state index < -0.39 is 22.6 Å². The van der Waals surface area contributed by atoms with E-state index in [4.69, 9.17) is 11.6 Å². The van der Waals surface area contributed by atoms with E-state index >= 15 is 0 Å². The van der Waals surface area contributed by atoms with Gasteiger partial charge in [-0.25, -0.2) is 9.18 Å². The zero-order valence-corrected chi connectivity index (χ0v) is 22.1. The second kappa shape index (κ2) is 10.3. The van der Waals surface area contributed by atoms with E-state index in [1.807, 2.05) is 30.3 Å². The van der Waals surface area contributed by atoms with Gasteiger partial charge < -0.3 is 10.0 Å². The molecule has 2 aliphatic rings. The van der Waals surface area contributed by atoms with Crippen molar-refractivity contribution in [3.63, 3.8) is 0 Å². The first-order valence-corrected chi connectivity index (χ1v) is 14.3. The summed E-state index contributed by atoms with van der Waals surface area (Å²) in [5.74, 6) is -1.54. The lowest BCUT2D eigenvalue weighted by Gasteiger charge is -2.46. The second-order valence-corrected chi connectivity index (χ2v) is 12.2. The monoisotopic (exact) mass is 544 g/mol. The molecule has 0 radical (unpaired) electrons. The van der Waals surface area contributed by atoms with Crippen LogP contribution in [0.25, 0.3) is 11.1 Å². The summed E-state index contributed by atoms with van der Waals surface area (Å²) in [7, 11) is -1.75. The normalized spacial score (nSPS) is 21.2. The molecule has 5 rings (SSSR count). The summed E-state index contributed by atoms with van der Waals surface area (Å²) < 4.78 is 40.1. The van der Waals surface area contributed by atoms with Crippen LogP contribution in [0.1, 0.15) is 42.5 Å². The molecule has 0 saturated heterocycles. The fourth-order valence-electron chi connectivity index (χ4n) is 5.61. The number of hydrogen-bond donors (Lipinski definition) is 3. The maximum atomic E-state index is 14.9. The fraction of sp³-hybridized carbons (Fsp3) is 0.321. The number of carboxylic acid groups (broad SMARTS) is 1. The minimum Gasteiger partial charge on any atom is -0.478 e. The highest BCUT2D eigenvalue weighted by atomic mass is 35.5. The lowest BCUT2D eigenvalue weighted by Crippen LogP contribution is -2.45. The lowest BCUT2D eigenvalue weighted by atomic mass is 9.83. The third-order valence-electron chi connectivity index (χ3n) is 7.64. The van der Waals surface area contributed by atoms with Crippen molar-refractivity contribution in [1.82, 2.24) is 4.31 Å². The highest BCUT2D eigenvalue weighted by Gasteiger charge is 2.41. The number of halogens is 2. The van der Waals surface area contributed by atoms with E-state index in [2.05, 4.69) is 4.90 Å². The number of benzene rings is 3. The summed E-state index contributed by atoms with van der Waals surface area (Å²) in [6.07, 6.45) is 5.44. The third kappa shape index (κ3) is 4.84. The number of aromatic carboxylic acids is 1. The Morgan fingerprint density at radius 1 is 1.00 bits per heavy atom. The average Bonchev–Trinajstić information content (AvgIpc) is 2.97. The predicted molar refractivity (Wildman–Crippen MR) is 146 cm³/mol. The van der Waals surface area contributed by atoms with Crippen molar-refractivity contribution < 1.29 is 23.4 Å². The zero-order chi connectivity index (χ0) is 26.3. The van der Waals surface area contributed by atoms with Crippen molar-refractivity contribution in [3.05, 3.63) is 77.1 Å². The van der Waals surface area contributed by atoms with Gasteiger partial charge in [0.25, 0.3) is 0 Å². The van der Waals surface area contributed by atoms with Crippen molar-refractivity contribution >= 4 is 39.7 Å². The van der Waals surface area contributed by atoms with Crippen molar-refractivity contribution in [1.29, 1.82) is 0 Å². The van der Waals surface area contributed by atoms with Crippen LogP contribution in [0.2, 0.25) is 5.02 Å². The highest BCUT2D eigenvalue weighted by molar-refractivity contribution is 8.22. The van der Waals surface area contributed by atoms with Crippen molar-refractivity contribution in [2.45, 2.75) is 43.0 Å². The minimum atomic E-state index is -3.49. The molecule has 0 aromatic heterocycles. The van der Waals surface area contributed by atoms with E-state index in [0.717, 1.165) is 37.4 Å². The number of fused-ring (bicyclic) bond motifs is 1. The van der Waals surface area contributed by atoms with Gasteiger partial charge in [-0.05, 0) is 61.2 Å². The number of anilines is 2. The second-order valence-electron chi connectivity index (χ2n) is 9.78. The quantitative estimate of drug-likeness (QED) is 0.309. The molecule has 1 atom stereocenters. The number of nitrogens with zero attached hydrogens (tertiary/aromatic N) is 2. The minimum absolute atomic E-state index is 0.00936. The average molecular weight is 545 g/mol. The number of carbonyl (C=O) groups is 1. The summed E-state index contributed by atoms with van der Waals surface area (Å²) >= 11 is 6.71. The highest BCUT2D eigenvalue weighted by Crippen LogP contribution is 2.60. The van der Waals surface area contributed by atoms with Gasteiger partial charge in [-0.2, -0.15) is 4.31 Å². The standard InChI is InChI=1S/C28H30ClFN2O4S/c1-31-26(18-8-4-2-5-9-18)17-32(20-10-6-3-7-11-20)25-16-23(29)21(15-27(25)37(31,35)36)22-14-19(28(33)34)12-13-24(22)30/h3,6-7,10-16,18,26,35-36H,2,4-5,8-9,17H2,1H3,(H,33,34). The molecule has 3 aromatic rings. The number of hydrogen-bond acceptors (Lipinski definition) is 5. The molecule has 3 aromatic carbocycles. The van der Waals surface area contributed by atoms with Crippen molar-refractivity contribution in [2.75, 3.05) is 18.5 Å². The van der Waals surface area contributed by atoms with Gasteiger partial charge in [-0.15, -0.1) is 10.8 Å². The Labute approximate surface area is 222 Å². The molecule has 0 bridgehead atoms. The Hall–Kier alpha value is -2.62. The van der Waals surface area contributed by atoms with Crippen LogP contribution in [0.4, 0.5) is 15.8 Å². The molecule has 1 aliphatic heterocycles. The van der Waals surface area contributed by atoms with E-state index in [-0.39, 0.29) is 32.7 Å². The first kappa shape index (κ1) is 26.0. The smallest absolute Gasteiger partial charge is 0.335 e. The van der Waals surface area contributed by atoms with Crippen LogP contribution in [0, 0.1) is 11.7 Å². The van der Waals surface area contributed by atoms with Crippen LogP contribution >= 0.6 is 22.4 Å². The Morgan fingerprint density at radius 3 is 2.38 bits per heavy atom. The molecule has 0 amide bonds. The molecule has 0 spiro atoms. The van der Waals surface area contributed by atoms with Crippen LogP contribution in [0.3, 0.4) is 0 Å². The maximum absolute atomic E-state index is 14.9. The summed E-state index contributed by atoms with van der Waals surface area (Å²) in [4.78, 5) is 13.8. The van der Waals surface area contributed by atoms with Crippen molar-refractivity contribution in [3.8, 4) is 11.1 Å². The third-order valence-corrected chi connectivity index (χ3v) is 9.94. The van der Waals surface area contributed by atoms with Gasteiger partial charge in [0.15, 0.2) is 0 Å². The molecule has 1 heterocycles. The molecule has 1 saturated carbocycles. The van der Waals surface area contributed by atoms with E-state index in [1.54, 1.807) is 17.4 Å². The zero-order valence-electron chi connectivity index (χ0n) is 20.5. The Bertz CT molecular complexity index is 1320. The summed E-state index contributed by atoms with van der Waals surface area (Å²) in [5.41, 5.74) is 1.54. The van der Waals surface area contributed by atoms with Crippen LogP contribution in [-0.2, 0) is 0 Å². The maximum Gasteiger partial charge on any atom is 0.335 e. The summed E-state index contributed by atoms with van der Waals surface area (Å²) in [6, 6.07) is 16.2. The summed E-state index contributed by atoms with van der Waals surface area (Å²) in [5, 5.41) is 9.62. The molecule has 1 fully saturated rings. The molecular formula is C28H30ClFN2O4S. The van der Waals surface area contributed by atoms with Crippen LogP contribution in [0.15, 0.2) is 65.6 Å².